The summed E-state index contributed by atoms with van der Waals surface area (Å²) in [5.74, 6) is 0.125. The molecule has 130 valence electrons. The van der Waals surface area contributed by atoms with E-state index in [1.54, 1.807) is 33.7 Å². The predicted octanol–water partition coefficient (Wildman–Crippen LogP) is 2.67. The lowest BCUT2D eigenvalue weighted by Crippen LogP contribution is -2.50. The fourth-order valence-electron chi connectivity index (χ4n) is 2.74. The average molecular weight is 385 g/mol. The molecule has 0 spiro atoms. The van der Waals surface area contributed by atoms with Gasteiger partial charge in [-0.05, 0) is 35.7 Å². The van der Waals surface area contributed by atoms with Crippen LogP contribution in [0.4, 0.5) is 0 Å². The zero-order chi connectivity index (χ0) is 17.0. The van der Waals surface area contributed by atoms with Crippen LogP contribution in [0, 0.1) is 0 Å². The van der Waals surface area contributed by atoms with Gasteiger partial charge in [-0.2, -0.15) is 4.31 Å². The molecule has 2 aromatic heterocycles. The number of piperazine rings is 1. The first kappa shape index (κ1) is 17.6. The number of hydrogen-bond donors (Lipinski definition) is 0. The summed E-state index contributed by atoms with van der Waals surface area (Å²) in [6, 6.07) is 7.48. The minimum absolute atomic E-state index is 0.125. The summed E-state index contributed by atoms with van der Waals surface area (Å²) in [4.78, 5) is 15.4. The Morgan fingerprint density at radius 2 is 1.75 bits per heavy atom. The van der Waals surface area contributed by atoms with Gasteiger partial charge in [0.25, 0.3) is 10.0 Å². The van der Waals surface area contributed by atoms with Crippen LogP contribution in [0.5, 0.6) is 0 Å². The molecule has 1 fully saturated rings. The minimum atomic E-state index is -3.40. The van der Waals surface area contributed by atoms with Gasteiger partial charge in [0.1, 0.15) is 4.21 Å². The second-order valence-electron chi connectivity index (χ2n) is 5.65. The Bertz CT molecular complexity index is 747. The number of thiophene rings is 2. The quantitative estimate of drug-likeness (QED) is 0.769. The Hall–Kier alpha value is -1.22. The van der Waals surface area contributed by atoms with E-state index in [0.717, 1.165) is 12.8 Å². The molecule has 0 radical (unpaired) electrons. The molecule has 3 rings (SSSR count). The van der Waals surface area contributed by atoms with Gasteiger partial charge in [0, 0.05) is 37.5 Å². The first-order valence-corrected chi connectivity index (χ1v) is 11.1. The second-order valence-corrected chi connectivity index (χ2v) is 9.79. The highest BCUT2D eigenvalue weighted by Gasteiger charge is 2.30. The van der Waals surface area contributed by atoms with Crippen molar-refractivity contribution in [3.63, 3.8) is 0 Å². The molecule has 1 aliphatic rings. The van der Waals surface area contributed by atoms with Crippen molar-refractivity contribution in [2.24, 2.45) is 0 Å². The molecular formula is C16H20N2O3S3. The van der Waals surface area contributed by atoms with Crippen LogP contribution < -0.4 is 0 Å². The van der Waals surface area contributed by atoms with Crippen molar-refractivity contribution in [2.45, 2.75) is 23.5 Å². The van der Waals surface area contributed by atoms with Gasteiger partial charge in [0.15, 0.2) is 0 Å². The Morgan fingerprint density at radius 1 is 1.04 bits per heavy atom. The van der Waals surface area contributed by atoms with Crippen LogP contribution in [0.2, 0.25) is 0 Å². The Morgan fingerprint density at radius 3 is 2.38 bits per heavy atom. The largest absolute Gasteiger partial charge is 0.340 e. The lowest BCUT2D eigenvalue weighted by molar-refractivity contribution is -0.132. The summed E-state index contributed by atoms with van der Waals surface area (Å²) in [6.45, 7) is 1.69. The van der Waals surface area contributed by atoms with Crippen LogP contribution in [0.3, 0.4) is 0 Å². The van der Waals surface area contributed by atoms with Crippen LogP contribution in [0.25, 0.3) is 0 Å². The minimum Gasteiger partial charge on any atom is -0.340 e. The predicted molar refractivity (Wildman–Crippen MR) is 96.9 cm³/mol. The molecule has 0 aromatic carbocycles. The molecule has 1 aliphatic heterocycles. The maximum absolute atomic E-state index is 12.5. The Labute approximate surface area is 150 Å². The number of amides is 1. The van der Waals surface area contributed by atoms with E-state index >= 15 is 0 Å². The highest BCUT2D eigenvalue weighted by atomic mass is 32.2. The summed E-state index contributed by atoms with van der Waals surface area (Å²) >= 11 is 2.95. The molecule has 0 saturated carbocycles. The zero-order valence-corrected chi connectivity index (χ0v) is 15.7. The highest BCUT2D eigenvalue weighted by molar-refractivity contribution is 7.91. The van der Waals surface area contributed by atoms with E-state index < -0.39 is 10.0 Å². The number of sulfonamides is 1. The summed E-state index contributed by atoms with van der Waals surface area (Å²) in [7, 11) is -3.40. The Kier molecular flexibility index (Phi) is 5.70. The molecule has 0 aliphatic carbocycles. The van der Waals surface area contributed by atoms with Crippen molar-refractivity contribution in [3.8, 4) is 0 Å². The summed E-state index contributed by atoms with van der Waals surface area (Å²) in [6.07, 6.45) is 2.29. The molecule has 3 heterocycles. The van der Waals surface area contributed by atoms with Gasteiger partial charge < -0.3 is 4.90 Å². The molecule has 0 atom stereocenters. The molecule has 2 aromatic rings. The van der Waals surface area contributed by atoms with Gasteiger partial charge in [0.05, 0.1) is 0 Å². The van der Waals surface area contributed by atoms with Crippen molar-refractivity contribution in [2.75, 3.05) is 26.2 Å². The molecular weight excluding hydrogens is 364 g/mol. The third-order valence-electron chi connectivity index (χ3n) is 4.07. The van der Waals surface area contributed by atoms with Gasteiger partial charge in [0.2, 0.25) is 5.91 Å². The van der Waals surface area contributed by atoms with Gasteiger partial charge in [-0.25, -0.2) is 8.42 Å². The van der Waals surface area contributed by atoms with Crippen molar-refractivity contribution in [3.05, 3.63) is 39.9 Å². The maximum atomic E-state index is 12.5. The summed E-state index contributed by atoms with van der Waals surface area (Å²) in [5, 5.41) is 3.81. The van der Waals surface area contributed by atoms with E-state index in [0.29, 0.717) is 36.8 Å². The van der Waals surface area contributed by atoms with Crippen LogP contribution in [0.15, 0.2) is 39.2 Å². The molecule has 5 nitrogen and oxygen atoms in total. The van der Waals surface area contributed by atoms with E-state index in [2.05, 4.69) is 6.07 Å². The summed E-state index contributed by atoms with van der Waals surface area (Å²) in [5.41, 5.74) is 0. The van der Waals surface area contributed by atoms with Crippen LogP contribution in [0.1, 0.15) is 17.7 Å². The standard InChI is InChI=1S/C16H20N2O3S3/c19-15(6-1-4-14-5-2-12-22-14)17-8-10-18(11-9-17)24(20,21)16-7-3-13-23-16/h2-3,5,7,12-13H,1,4,6,8-11H2. The fraction of sp³-hybridized carbons (Fsp3) is 0.438. The molecule has 0 bridgehead atoms. The fourth-order valence-corrected chi connectivity index (χ4v) is 6.06. The molecule has 1 saturated heterocycles. The van der Waals surface area contributed by atoms with E-state index in [1.165, 1.54) is 20.5 Å². The lowest BCUT2D eigenvalue weighted by atomic mass is 10.2. The number of carbonyl (C=O) groups excluding carboxylic acids is 1. The van der Waals surface area contributed by atoms with E-state index in [-0.39, 0.29) is 5.91 Å². The molecule has 8 heteroatoms. The number of carbonyl (C=O) groups is 1. The maximum Gasteiger partial charge on any atom is 0.252 e. The van der Waals surface area contributed by atoms with Crippen molar-refractivity contribution in [1.29, 1.82) is 0 Å². The van der Waals surface area contributed by atoms with Gasteiger partial charge in [-0.1, -0.05) is 12.1 Å². The third kappa shape index (κ3) is 4.05. The summed E-state index contributed by atoms with van der Waals surface area (Å²) < 4.78 is 26.8. The topological polar surface area (TPSA) is 57.7 Å². The smallest absolute Gasteiger partial charge is 0.252 e. The van der Waals surface area contributed by atoms with Crippen LogP contribution in [-0.4, -0.2) is 49.7 Å². The average Bonchev–Trinajstić information content (AvgIpc) is 3.29. The van der Waals surface area contributed by atoms with Crippen molar-refractivity contribution < 1.29 is 13.2 Å². The SMILES string of the molecule is O=C(CCCc1cccs1)N1CCN(S(=O)(=O)c2cccs2)CC1. The first-order valence-electron chi connectivity index (χ1n) is 7.91. The second kappa shape index (κ2) is 7.77. The number of hydrogen-bond acceptors (Lipinski definition) is 5. The van der Waals surface area contributed by atoms with Crippen molar-refractivity contribution in [1.82, 2.24) is 9.21 Å². The van der Waals surface area contributed by atoms with Crippen LogP contribution in [-0.2, 0) is 21.2 Å². The number of nitrogens with zero attached hydrogens (tertiary/aromatic N) is 2. The normalized spacial score (nSPS) is 16.4. The van der Waals surface area contributed by atoms with E-state index in [9.17, 15) is 13.2 Å². The van der Waals surface area contributed by atoms with Gasteiger partial charge >= 0.3 is 0 Å². The lowest BCUT2D eigenvalue weighted by Gasteiger charge is -2.33. The van der Waals surface area contributed by atoms with E-state index in [1.807, 2.05) is 11.4 Å². The molecule has 0 N–H and O–H groups in total. The number of rotatable bonds is 6. The Balaban J connectivity index is 1.47. The number of aryl methyl sites for hydroxylation is 1. The monoisotopic (exact) mass is 384 g/mol. The van der Waals surface area contributed by atoms with Gasteiger partial charge in [-0.15, -0.1) is 22.7 Å². The van der Waals surface area contributed by atoms with Crippen molar-refractivity contribution >= 4 is 38.6 Å². The third-order valence-corrected chi connectivity index (χ3v) is 8.28. The van der Waals surface area contributed by atoms with Crippen LogP contribution >= 0.6 is 22.7 Å². The molecule has 24 heavy (non-hydrogen) atoms. The van der Waals surface area contributed by atoms with Gasteiger partial charge in [-0.3, -0.25) is 4.79 Å². The first-order chi connectivity index (χ1) is 11.6. The molecule has 0 unspecified atom stereocenters. The highest BCUT2D eigenvalue weighted by Crippen LogP contribution is 2.22. The zero-order valence-electron chi connectivity index (χ0n) is 13.3. The molecule has 1 amide bonds. The van der Waals surface area contributed by atoms with E-state index in [4.69, 9.17) is 0 Å².